The maximum Gasteiger partial charge on any atom is 0.574 e. The summed E-state index contributed by atoms with van der Waals surface area (Å²) in [6.07, 6.45) is -8.54. The van der Waals surface area contributed by atoms with Gasteiger partial charge in [0, 0.05) is 16.1 Å². The molecule has 0 atom stereocenters. The average Bonchev–Trinajstić information content (AvgIpc) is 2.19. The minimum atomic E-state index is -5.03. The molecule has 98 valence electrons. The first kappa shape index (κ1) is 14.6. The number of nitrogens with zero attached hydrogens (tertiary/aromatic N) is 2. The van der Waals surface area contributed by atoms with Crippen LogP contribution < -0.4 is 4.74 Å². The van der Waals surface area contributed by atoms with Crippen LogP contribution in [0.3, 0.4) is 0 Å². The van der Waals surface area contributed by atoms with E-state index in [1.54, 1.807) is 6.07 Å². The minimum Gasteiger partial charge on any atom is -0.388 e. The van der Waals surface area contributed by atoms with Crippen molar-refractivity contribution in [3.8, 4) is 11.9 Å². The zero-order valence-corrected chi connectivity index (χ0v) is 10.0. The van der Waals surface area contributed by atoms with Crippen molar-refractivity contribution < 1.29 is 26.7 Å². The van der Waals surface area contributed by atoms with Gasteiger partial charge in [0.05, 0.1) is 12.5 Å². The van der Waals surface area contributed by atoms with Gasteiger partial charge < -0.3 is 4.74 Å². The normalized spacial score (nSPS) is 11.4. The molecule has 0 radical (unpaired) electrons. The molecule has 0 amide bonds. The van der Waals surface area contributed by atoms with Gasteiger partial charge in [0.25, 0.3) is 6.43 Å². The van der Waals surface area contributed by atoms with Crippen LogP contribution in [0.2, 0.25) is 0 Å². The lowest BCUT2D eigenvalue weighted by Crippen LogP contribution is -2.18. The van der Waals surface area contributed by atoms with Crippen molar-refractivity contribution in [2.45, 2.75) is 19.2 Å². The van der Waals surface area contributed by atoms with Crippen molar-refractivity contribution >= 4 is 15.9 Å². The third-order valence-corrected chi connectivity index (χ3v) is 2.47. The lowest BCUT2D eigenvalue weighted by Gasteiger charge is -2.12. The van der Waals surface area contributed by atoms with Crippen molar-refractivity contribution in [1.82, 2.24) is 4.98 Å². The first-order valence-electron chi connectivity index (χ1n) is 4.34. The first-order chi connectivity index (χ1) is 8.24. The van der Waals surface area contributed by atoms with E-state index in [1.165, 1.54) is 0 Å². The topological polar surface area (TPSA) is 45.9 Å². The Balaban J connectivity index is 3.24. The van der Waals surface area contributed by atoms with Gasteiger partial charge in [-0.2, -0.15) is 5.26 Å². The monoisotopic (exact) mass is 330 g/mol. The summed E-state index contributed by atoms with van der Waals surface area (Å²) in [5.41, 5.74) is -1.08. The molecule has 0 aliphatic heterocycles. The summed E-state index contributed by atoms with van der Waals surface area (Å²) >= 11 is 2.80. The molecule has 3 nitrogen and oxygen atoms in total. The Morgan fingerprint density at radius 1 is 1.44 bits per heavy atom. The quantitative estimate of drug-likeness (QED) is 0.793. The Kier molecular flexibility index (Phi) is 4.45. The molecule has 1 rings (SSSR count). The molecule has 9 heteroatoms. The van der Waals surface area contributed by atoms with Gasteiger partial charge in [-0.1, -0.05) is 15.9 Å². The molecule has 0 unspecified atom stereocenters. The predicted octanol–water partition coefficient (Wildman–Crippen LogP) is 3.75. The maximum atomic E-state index is 12.6. The smallest absolute Gasteiger partial charge is 0.388 e. The first-order valence-corrected chi connectivity index (χ1v) is 5.14. The number of hydrogen-bond acceptors (Lipinski definition) is 3. The zero-order chi connectivity index (χ0) is 13.9. The number of nitriles is 1. The van der Waals surface area contributed by atoms with Crippen molar-refractivity contribution in [1.29, 1.82) is 5.26 Å². The van der Waals surface area contributed by atoms with E-state index in [9.17, 15) is 22.0 Å². The summed E-state index contributed by atoms with van der Waals surface area (Å²) in [5.74, 6) is -1.01. The summed E-state index contributed by atoms with van der Waals surface area (Å²) < 4.78 is 64.4. The van der Waals surface area contributed by atoms with Crippen molar-refractivity contribution in [3.05, 3.63) is 21.8 Å². The zero-order valence-electron chi connectivity index (χ0n) is 8.43. The lowest BCUT2D eigenvalue weighted by molar-refractivity contribution is -0.276. The summed E-state index contributed by atoms with van der Waals surface area (Å²) in [4.78, 5) is 3.06. The van der Waals surface area contributed by atoms with Crippen LogP contribution in [0.15, 0.2) is 10.5 Å². The summed E-state index contributed by atoms with van der Waals surface area (Å²) in [7, 11) is 0. The van der Waals surface area contributed by atoms with Crippen molar-refractivity contribution in [2.75, 3.05) is 0 Å². The van der Waals surface area contributed by atoms with Crippen LogP contribution in [0.5, 0.6) is 5.88 Å². The molecule has 1 heterocycles. The van der Waals surface area contributed by atoms with E-state index < -0.39 is 30.8 Å². The SMILES string of the molecule is N#CCc1c(Br)cc(OC(F)(F)F)nc1C(F)F. The number of ether oxygens (including phenoxy) is 1. The molecule has 0 fully saturated rings. The van der Waals surface area contributed by atoms with E-state index in [4.69, 9.17) is 5.26 Å². The number of aromatic nitrogens is 1. The highest BCUT2D eigenvalue weighted by Gasteiger charge is 2.33. The summed E-state index contributed by atoms with van der Waals surface area (Å²) in [6.45, 7) is 0. The molecule has 1 aromatic rings. The van der Waals surface area contributed by atoms with Crippen LogP contribution in [0.4, 0.5) is 22.0 Å². The Labute approximate surface area is 106 Å². The molecule has 0 spiro atoms. The highest BCUT2D eigenvalue weighted by molar-refractivity contribution is 9.10. The van der Waals surface area contributed by atoms with Crippen LogP contribution in [-0.4, -0.2) is 11.3 Å². The fourth-order valence-electron chi connectivity index (χ4n) is 1.14. The highest BCUT2D eigenvalue weighted by atomic mass is 79.9. The molecular formula is C9H4BrF5N2O. The molecule has 0 aliphatic carbocycles. The van der Waals surface area contributed by atoms with E-state index >= 15 is 0 Å². The Hall–Kier alpha value is -1.43. The van der Waals surface area contributed by atoms with Gasteiger partial charge >= 0.3 is 6.36 Å². The fraction of sp³-hybridized carbons (Fsp3) is 0.333. The number of alkyl halides is 5. The largest absolute Gasteiger partial charge is 0.574 e. The van der Waals surface area contributed by atoms with Gasteiger partial charge in [0.15, 0.2) is 0 Å². The van der Waals surface area contributed by atoms with Crippen LogP contribution in [-0.2, 0) is 6.42 Å². The van der Waals surface area contributed by atoms with E-state index in [0.29, 0.717) is 0 Å². The number of halogens is 6. The molecule has 0 aromatic carbocycles. The van der Waals surface area contributed by atoms with Crippen LogP contribution in [0.25, 0.3) is 0 Å². The molecule has 1 aromatic heterocycles. The van der Waals surface area contributed by atoms with Gasteiger partial charge in [0.2, 0.25) is 5.88 Å². The second-order valence-corrected chi connectivity index (χ2v) is 3.84. The van der Waals surface area contributed by atoms with E-state index in [2.05, 4.69) is 25.7 Å². The third-order valence-electron chi connectivity index (χ3n) is 1.76. The van der Waals surface area contributed by atoms with Gasteiger partial charge in [0.1, 0.15) is 5.69 Å². The lowest BCUT2D eigenvalue weighted by atomic mass is 10.1. The fourth-order valence-corrected chi connectivity index (χ4v) is 1.68. The van der Waals surface area contributed by atoms with Crippen molar-refractivity contribution in [2.24, 2.45) is 0 Å². The Morgan fingerprint density at radius 3 is 2.50 bits per heavy atom. The highest BCUT2D eigenvalue weighted by Crippen LogP contribution is 2.32. The number of hydrogen-bond donors (Lipinski definition) is 0. The minimum absolute atomic E-state index is 0.0893. The molecule has 18 heavy (non-hydrogen) atoms. The maximum absolute atomic E-state index is 12.6. The van der Waals surface area contributed by atoms with Crippen LogP contribution in [0, 0.1) is 11.3 Å². The standard InChI is InChI=1S/C9H4BrF5N2O/c10-5-3-6(18-9(13,14)15)17-7(8(11)12)4(5)1-2-16/h3,8H,1H2. The van der Waals surface area contributed by atoms with E-state index in [1.807, 2.05) is 0 Å². The van der Waals surface area contributed by atoms with Crippen LogP contribution in [0.1, 0.15) is 17.7 Å². The van der Waals surface area contributed by atoms with E-state index in [0.717, 1.165) is 6.07 Å². The van der Waals surface area contributed by atoms with Gasteiger partial charge in [-0.25, -0.2) is 13.8 Å². The molecule has 0 N–H and O–H groups in total. The van der Waals surface area contributed by atoms with Gasteiger partial charge in [-0.3, -0.25) is 0 Å². The average molecular weight is 331 g/mol. The Morgan fingerprint density at radius 2 is 2.06 bits per heavy atom. The second-order valence-electron chi connectivity index (χ2n) is 2.99. The number of rotatable bonds is 3. The van der Waals surface area contributed by atoms with Gasteiger partial charge in [-0.05, 0) is 0 Å². The third kappa shape index (κ3) is 3.80. The molecule has 0 aliphatic rings. The van der Waals surface area contributed by atoms with E-state index in [-0.39, 0.29) is 10.0 Å². The predicted molar refractivity (Wildman–Crippen MR) is 52.9 cm³/mol. The summed E-state index contributed by atoms with van der Waals surface area (Å²) in [6, 6.07) is 2.41. The van der Waals surface area contributed by atoms with Gasteiger partial charge in [-0.15, -0.1) is 13.2 Å². The molecular weight excluding hydrogens is 327 g/mol. The molecule has 0 bridgehead atoms. The van der Waals surface area contributed by atoms with Crippen LogP contribution >= 0.6 is 15.9 Å². The molecule has 0 saturated carbocycles. The number of pyridine rings is 1. The molecule has 0 saturated heterocycles. The van der Waals surface area contributed by atoms with Crippen molar-refractivity contribution in [3.63, 3.8) is 0 Å². The second kappa shape index (κ2) is 5.48. The Bertz CT molecular complexity index is 483. The summed E-state index contributed by atoms with van der Waals surface area (Å²) in [5, 5.41) is 8.45.